The van der Waals surface area contributed by atoms with Gasteiger partial charge in [-0.05, 0) is 34.5 Å². The summed E-state index contributed by atoms with van der Waals surface area (Å²) in [7, 11) is 1.59. The van der Waals surface area contributed by atoms with Crippen LogP contribution in [0, 0.1) is 0 Å². The summed E-state index contributed by atoms with van der Waals surface area (Å²) >= 11 is 3.32. The van der Waals surface area contributed by atoms with E-state index in [9.17, 15) is 9.59 Å². The molecule has 0 fully saturated rings. The van der Waals surface area contributed by atoms with Crippen molar-refractivity contribution in [1.29, 1.82) is 0 Å². The number of hydrogen-bond acceptors (Lipinski definition) is 3. The number of likely N-dealkylation sites (N-methyl/N-ethyl adjacent to an activating group) is 1. The molecule has 5 heteroatoms. The first-order chi connectivity index (χ1) is 9.06. The number of halogens is 1. The first-order valence-electron chi connectivity index (χ1n) is 6.22. The molecule has 0 heterocycles. The van der Waals surface area contributed by atoms with Gasteiger partial charge >= 0.3 is 5.97 Å². The monoisotopic (exact) mass is 327 g/mol. The third-order valence-corrected chi connectivity index (χ3v) is 3.27. The number of benzene rings is 1. The zero-order chi connectivity index (χ0) is 14.3. The first kappa shape index (κ1) is 15.7. The second kappa shape index (κ2) is 7.94. The van der Waals surface area contributed by atoms with Gasteiger partial charge in [-0.1, -0.05) is 25.5 Å². The minimum Gasteiger partial charge on any atom is -0.464 e. The van der Waals surface area contributed by atoms with Gasteiger partial charge in [-0.2, -0.15) is 0 Å². The van der Waals surface area contributed by atoms with Crippen molar-refractivity contribution in [2.24, 2.45) is 0 Å². The second-order valence-corrected chi connectivity index (χ2v) is 5.07. The van der Waals surface area contributed by atoms with Gasteiger partial charge in [0.25, 0.3) is 5.91 Å². The van der Waals surface area contributed by atoms with Crippen molar-refractivity contribution in [2.45, 2.75) is 19.8 Å². The highest BCUT2D eigenvalue weighted by atomic mass is 79.9. The van der Waals surface area contributed by atoms with E-state index >= 15 is 0 Å². The van der Waals surface area contributed by atoms with Crippen LogP contribution in [0.3, 0.4) is 0 Å². The standard InChI is InChI=1S/C14H18BrNO3/c1-3-4-9-19-13(17)10-16(2)14(18)11-7-5-6-8-12(11)15/h5-8H,3-4,9-10H2,1-2H3. The van der Waals surface area contributed by atoms with Crippen LogP contribution >= 0.6 is 15.9 Å². The third-order valence-electron chi connectivity index (χ3n) is 2.58. The molecule has 0 aliphatic heterocycles. The second-order valence-electron chi connectivity index (χ2n) is 4.22. The average molecular weight is 328 g/mol. The van der Waals surface area contributed by atoms with Gasteiger partial charge in [-0.3, -0.25) is 9.59 Å². The number of amides is 1. The Balaban J connectivity index is 2.54. The molecular formula is C14H18BrNO3. The molecule has 0 aromatic heterocycles. The summed E-state index contributed by atoms with van der Waals surface area (Å²) in [6, 6.07) is 7.12. The highest BCUT2D eigenvalue weighted by molar-refractivity contribution is 9.10. The Labute approximate surface area is 121 Å². The Hall–Kier alpha value is -1.36. The predicted molar refractivity (Wildman–Crippen MR) is 77.0 cm³/mol. The minimum absolute atomic E-state index is 0.0378. The van der Waals surface area contributed by atoms with Crippen LogP contribution in [0.1, 0.15) is 30.1 Å². The van der Waals surface area contributed by atoms with Crippen LogP contribution in [0.15, 0.2) is 28.7 Å². The van der Waals surface area contributed by atoms with E-state index in [-0.39, 0.29) is 18.4 Å². The maximum Gasteiger partial charge on any atom is 0.325 e. The summed E-state index contributed by atoms with van der Waals surface area (Å²) in [5, 5.41) is 0. The lowest BCUT2D eigenvalue weighted by Gasteiger charge is -2.17. The van der Waals surface area contributed by atoms with Crippen LogP contribution in [0.2, 0.25) is 0 Å². The van der Waals surface area contributed by atoms with Crippen molar-refractivity contribution in [2.75, 3.05) is 20.2 Å². The van der Waals surface area contributed by atoms with E-state index < -0.39 is 0 Å². The molecule has 0 spiro atoms. The quantitative estimate of drug-likeness (QED) is 0.596. The molecule has 0 radical (unpaired) electrons. The van der Waals surface area contributed by atoms with Crippen LogP contribution in [-0.4, -0.2) is 37.0 Å². The van der Waals surface area contributed by atoms with Crippen molar-refractivity contribution < 1.29 is 14.3 Å². The lowest BCUT2D eigenvalue weighted by Crippen LogP contribution is -2.33. The van der Waals surface area contributed by atoms with Crippen LogP contribution in [-0.2, 0) is 9.53 Å². The van der Waals surface area contributed by atoms with Crippen molar-refractivity contribution in [3.05, 3.63) is 34.3 Å². The van der Waals surface area contributed by atoms with Crippen molar-refractivity contribution in [1.82, 2.24) is 4.90 Å². The van der Waals surface area contributed by atoms with Crippen LogP contribution in [0.5, 0.6) is 0 Å². The largest absolute Gasteiger partial charge is 0.464 e. The molecule has 1 aromatic carbocycles. The SMILES string of the molecule is CCCCOC(=O)CN(C)C(=O)c1ccccc1Br. The van der Waals surface area contributed by atoms with Crippen molar-refractivity contribution >= 4 is 27.8 Å². The fourth-order valence-corrected chi connectivity index (χ4v) is 1.94. The molecule has 1 aromatic rings. The summed E-state index contributed by atoms with van der Waals surface area (Å²) < 4.78 is 5.74. The summed E-state index contributed by atoms with van der Waals surface area (Å²) in [5.41, 5.74) is 0.534. The van der Waals surface area contributed by atoms with E-state index in [1.54, 1.807) is 25.2 Å². The molecule has 0 bridgehead atoms. The van der Waals surface area contributed by atoms with E-state index in [2.05, 4.69) is 15.9 Å². The van der Waals surface area contributed by atoms with E-state index in [0.717, 1.165) is 12.8 Å². The lowest BCUT2D eigenvalue weighted by atomic mass is 10.2. The van der Waals surface area contributed by atoms with Gasteiger partial charge < -0.3 is 9.64 Å². The Kier molecular flexibility index (Phi) is 6.56. The van der Waals surface area contributed by atoms with E-state index in [1.165, 1.54) is 4.90 Å². The van der Waals surface area contributed by atoms with E-state index in [1.807, 2.05) is 13.0 Å². The smallest absolute Gasteiger partial charge is 0.325 e. The zero-order valence-electron chi connectivity index (χ0n) is 11.2. The van der Waals surface area contributed by atoms with Gasteiger partial charge in [-0.15, -0.1) is 0 Å². The fourth-order valence-electron chi connectivity index (χ4n) is 1.48. The maximum atomic E-state index is 12.1. The molecule has 1 amide bonds. The highest BCUT2D eigenvalue weighted by Gasteiger charge is 2.17. The van der Waals surface area contributed by atoms with E-state index in [4.69, 9.17) is 4.74 Å². The number of ether oxygens (including phenoxy) is 1. The number of esters is 1. The number of carbonyl (C=O) groups is 2. The molecular weight excluding hydrogens is 310 g/mol. The molecule has 0 unspecified atom stereocenters. The van der Waals surface area contributed by atoms with Crippen LogP contribution in [0.4, 0.5) is 0 Å². The van der Waals surface area contributed by atoms with Crippen molar-refractivity contribution in [3.8, 4) is 0 Å². The Bertz CT molecular complexity index is 448. The summed E-state index contributed by atoms with van der Waals surface area (Å²) in [6.07, 6.45) is 1.81. The first-order valence-corrected chi connectivity index (χ1v) is 7.01. The minimum atomic E-state index is -0.378. The predicted octanol–water partition coefficient (Wildman–Crippen LogP) is 2.86. The van der Waals surface area contributed by atoms with Gasteiger partial charge in [-0.25, -0.2) is 0 Å². The summed E-state index contributed by atoms with van der Waals surface area (Å²) in [4.78, 5) is 25.0. The molecule has 0 saturated heterocycles. The van der Waals surface area contributed by atoms with Gasteiger partial charge in [0.05, 0.1) is 12.2 Å². The third kappa shape index (κ3) is 5.03. The van der Waals surface area contributed by atoms with Gasteiger partial charge in [0.15, 0.2) is 0 Å². The number of rotatable bonds is 6. The molecule has 19 heavy (non-hydrogen) atoms. The summed E-state index contributed by atoms with van der Waals surface area (Å²) in [5.74, 6) is -0.587. The molecule has 0 saturated carbocycles. The number of nitrogens with zero attached hydrogens (tertiary/aromatic N) is 1. The fraction of sp³-hybridized carbons (Fsp3) is 0.429. The maximum absolute atomic E-state index is 12.1. The molecule has 1 rings (SSSR count). The summed E-state index contributed by atoms with van der Waals surface area (Å²) in [6.45, 7) is 2.40. The Morgan fingerprint density at radius 2 is 2.00 bits per heavy atom. The van der Waals surface area contributed by atoms with Crippen LogP contribution in [0.25, 0.3) is 0 Å². The van der Waals surface area contributed by atoms with Crippen LogP contribution < -0.4 is 0 Å². The van der Waals surface area contributed by atoms with Gasteiger partial charge in [0.2, 0.25) is 0 Å². The van der Waals surface area contributed by atoms with Gasteiger partial charge in [0.1, 0.15) is 6.54 Å². The topological polar surface area (TPSA) is 46.6 Å². The molecule has 0 aliphatic rings. The average Bonchev–Trinajstić information content (AvgIpc) is 2.38. The number of hydrogen-bond donors (Lipinski definition) is 0. The Morgan fingerprint density at radius 1 is 1.32 bits per heavy atom. The van der Waals surface area contributed by atoms with E-state index in [0.29, 0.717) is 16.6 Å². The Morgan fingerprint density at radius 3 is 2.63 bits per heavy atom. The molecule has 0 atom stereocenters. The molecule has 0 N–H and O–H groups in total. The normalized spacial score (nSPS) is 10.1. The highest BCUT2D eigenvalue weighted by Crippen LogP contribution is 2.17. The van der Waals surface area contributed by atoms with Gasteiger partial charge in [0, 0.05) is 11.5 Å². The number of carbonyl (C=O) groups excluding carboxylic acids is 2. The lowest BCUT2D eigenvalue weighted by molar-refractivity contribution is -0.144. The zero-order valence-corrected chi connectivity index (χ0v) is 12.8. The molecule has 104 valence electrons. The number of unbranched alkanes of at least 4 members (excludes halogenated alkanes) is 1. The molecule has 0 aliphatic carbocycles. The molecule has 4 nitrogen and oxygen atoms in total. The van der Waals surface area contributed by atoms with Crippen molar-refractivity contribution in [3.63, 3.8) is 0 Å².